The Morgan fingerprint density at radius 3 is 2.73 bits per heavy atom. The lowest BCUT2D eigenvalue weighted by Gasteiger charge is -2.38. The normalized spacial score (nSPS) is 21.5. The molecule has 0 radical (unpaired) electrons. The van der Waals surface area contributed by atoms with E-state index in [0.717, 1.165) is 0 Å². The lowest BCUT2D eigenvalue weighted by Crippen LogP contribution is -2.53. The molecule has 11 nitrogen and oxygen atoms in total. The van der Waals surface area contributed by atoms with Crippen molar-refractivity contribution >= 4 is 46.7 Å². The number of aliphatic imine (C=N–C) groups is 1. The number of rotatable bonds is 8. The zero-order valence-corrected chi connectivity index (χ0v) is 24.3. The Morgan fingerprint density at radius 2 is 2.07 bits per heavy atom. The van der Waals surface area contributed by atoms with E-state index < -0.39 is 29.2 Å². The van der Waals surface area contributed by atoms with Crippen LogP contribution in [0, 0.1) is 11.2 Å². The van der Waals surface area contributed by atoms with Crippen LogP contribution in [-0.4, -0.2) is 101 Å². The fourth-order valence-corrected chi connectivity index (χ4v) is 6.21. The average molecular weight is 605 g/mol. The van der Waals surface area contributed by atoms with Gasteiger partial charge in [0.25, 0.3) is 0 Å². The van der Waals surface area contributed by atoms with E-state index in [1.165, 1.54) is 36.6 Å². The maximum Gasteiger partial charge on any atom is 0.338 e. The number of amidine groups is 1. The van der Waals surface area contributed by atoms with E-state index in [4.69, 9.17) is 21.3 Å². The van der Waals surface area contributed by atoms with Gasteiger partial charge in [-0.15, -0.1) is 11.3 Å². The van der Waals surface area contributed by atoms with Gasteiger partial charge in [0.15, 0.2) is 10.8 Å². The van der Waals surface area contributed by atoms with Gasteiger partial charge in [0.2, 0.25) is 0 Å². The number of nitrogens with one attached hydrogen (secondary N) is 1. The summed E-state index contributed by atoms with van der Waals surface area (Å²) < 4.78 is 19.1. The molecule has 3 aliphatic heterocycles. The number of benzene rings is 1. The summed E-state index contributed by atoms with van der Waals surface area (Å²) in [6, 6.07) is 2.78. The highest BCUT2D eigenvalue weighted by molar-refractivity contribution is 7.11. The smallest absolute Gasteiger partial charge is 0.338 e. The van der Waals surface area contributed by atoms with Crippen LogP contribution in [0.3, 0.4) is 0 Å². The van der Waals surface area contributed by atoms with Crippen LogP contribution in [0.2, 0.25) is 5.02 Å². The molecule has 2 atom stereocenters. The van der Waals surface area contributed by atoms with Gasteiger partial charge in [-0.3, -0.25) is 14.7 Å². The molecule has 0 bridgehead atoms. The number of methoxy groups -OCH3 is 1. The van der Waals surface area contributed by atoms with E-state index in [0.29, 0.717) is 54.8 Å². The van der Waals surface area contributed by atoms with E-state index in [9.17, 15) is 23.9 Å². The minimum atomic E-state index is -1.07. The Hall–Kier alpha value is -3.55. The van der Waals surface area contributed by atoms with Crippen LogP contribution in [0.25, 0.3) is 0 Å². The van der Waals surface area contributed by atoms with E-state index >= 15 is 0 Å². The minimum Gasteiger partial charge on any atom is -0.481 e. The lowest BCUT2D eigenvalue weighted by molar-refractivity contribution is -0.147. The van der Waals surface area contributed by atoms with Crippen molar-refractivity contribution in [2.75, 3.05) is 46.4 Å². The highest BCUT2D eigenvalue weighted by Crippen LogP contribution is 2.37. The molecule has 1 aromatic carbocycles. The molecule has 1 aromatic heterocycles. The molecule has 5 rings (SSSR count). The first kappa shape index (κ1) is 29.0. The Kier molecular flexibility index (Phi) is 8.04. The first-order valence-corrected chi connectivity index (χ1v) is 14.3. The number of esters is 1. The lowest BCUT2D eigenvalue weighted by atomic mass is 9.93. The molecule has 2 fully saturated rings. The number of aromatic nitrogens is 1. The van der Waals surface area contributed by atoms with Crippen molar-refractivity contribution in [3.8, 4) is 0 Å². The van der Waals surface area contributed by atoms with Gasteiger partial charge in [-0.05, 0) is 26.0 Å². The van der Waals surface area contributed by atoms with Crippen molar-refractivity contribution < 1.29 is 28.6 Å². The van der Waals surface area contributed by atoms with Gasteiger partial charge in [-0.1, -0.05) is 17.7 Å². The van der Waals surface area contributed by atoms with Crippen LogP contribution in [0.1, 0.15) is 30.5 Å². The molecule has 14 heteroatoms. The van der Waals surface area contributed by atoms with Crippen LogP contribution >= 0.6 is 22.9 Å². The van der Waals surface area contributed by atoms with Crippen molar-refractivity contribution in [3.05, 3.63) is 62.5 Å². The zero-order valence-electron chi connectivity index (χ0n) is 22.8. The summed E-state index contributed by atoms with van der Waals surface area (Å²) in [6.07, 6.45) is 1.65. The van der Waals surface area contributed by atoms with Gasteiger partial charge in [0, 0.05) is 67.1 Å². The third kappa shape index (κ3) is 5.79. The standard InChI is InChI=1S/C27H30ClFN6O5S/c1-27(2,25(37)38)14-34-12-16-11-33(7-8-35(16)26(34)39)13-19-20(24(36)40-3)21(17-5-4-15(29)10-18(17)28)32-22(31-19)23-30-6-9-41-23/h4-6,9-10,16,21H,7-8,11-14H2,1-3H3,(H,31,32)(H,37,38)/t16-,21-/m0/s1. The molecule has 2 aromatic rings. The zero-order chi connectivity index (χ0) is 29.5. The van der Waals surface area contributed by atoms with Crippen molar-refractivity contribution in [1.29, 1.82) is 0 Å². The summed E-state index contributed by atoms with van der Waals surface area (Å²) >= 11 is 7.81. The summed E-state index contributed by atoms with van der Waals surface area (Å²) in [4.78, 5) is 52.5. The summed E-state index contributed by atoms with van der Waals surface area (Å²) in [7, 11) is 1.28. The molecule has 0 unspecified atom stereocenters. The fraction of sp³-hybridized carbons (Fsp3) is 0.444. The van der Waals surface area contributed by atoms with Gasteiger partial charge >= 0.3 is 18.0 Å². The third-order valence-electron chi connectivity index (χ3n) is 7.48. The van der Waals surface area contributed by atoms with Crippen LogP contribution in [0.4, 0.5) is 9.18 Å². The number of aliphatic carboxylic acids is 1. The molecule has 4 heterocycles. The van der Waals surface area contributed by atoms with Crippen molar-refractivity contribution in [3.63, 3.8) is 0 Å². The largest absolute Gasteiger partial charge is 0.481 e. The second-order valence-corrected chi connectivity index (χ2v) is 12.1. The van der Waals surface area contributed by atoms with Crippen LogP contribution in [0.15, 0.2) is 46.0 Å². The molecule has 3 aliphatic rings. The summed E-state index contributed by atoms with van der Waals surface area (Å²) in [6.45, 7) is 5.53. The van der Waals surface area contributed by atoms with Gasteiger partial charge in [0.1, 0.15) is 11.9 Å². The first-order valence-electron chi connectivity index (χ1n) is 13.0. The number of halogens is 2. The SMILES string of the molecule is COC(=O)C1=C(CN2CCN3C(=O)N(CC(C)(C)C(=O)O)C[C@@H]3C2)NC(c2nccs2)=N[C@H]1c1ccc(F)cc1Cl. The van der Waals surface area contributed by atoms with Crippen LogP contribution in [0.5, 0.6) is 0 Å². The molecule has 2 N–H and O–H groups in total. The minimum absolute atomic E-state index is 0.112. The number of hydrogen-bond donors (Lipinski definition) is 2. The number of fused-ring (bicyclic) bond motifs is 1. The maximum absolute atomic E-state index is 13.9. The molecule has 0 aliphatic carbocycles. The fourth-order valence-electron chi connectivity index (χ4n) is 5.35. The van der Waals surface area contributed by atoms with E-state index in [1.807, 2.05) is 5.38 Å². The predicted octanol–water partition coefficient (Wildman–Crippen LogP) is 2.99. The molecule has 2 amide bonds. The molecular formula is C27H30ClFN6O5S. The third-order valence-corrected chi connectivity index (χ3v) is 8.59. The van der Waals surface area contributed by atoms with Crippen molar-refractivity contribution in [1.82, 2.24) is 25.0 Å². The number of carboxylic acids is 1. The number of piperazine rings is 1. The van der Waals surface area contributed by atoms with Crippen LogP contribution in [-0.2, 0) is 14.3 Å². The van der Waals surface area contributed by atoms with E-state index in [-0.39, 0.29) is 29.2 Å². The van der Waals surface area contributed by atoms with Crippen molar-refractivity contribution in [2.45, 2.75) is 25.9 Å². The van der Waals surface area contributed by atoms with Gasteiger partial charge in [-0.2, -0.15) is 0 Å². The summed E-state index contributed by atoms with van der Waals surface area (Å²) in [5.41, 5.74) is 0.169. The first-order chi connectivity index (χ1) is 19.5. The quantitative estimate of drug-likeness (QED) is 0.440. The van der Waals surface area contributed by atoms with Crippen LogP contribution < -0.4 is 5.32 Å². The predicted molar refractivity (Wildman–Crippen MR) is 150 cm³/mol. The van der Waals surface area contributed by atoms with Crippen molar-refractivity contribution in [2.24, 2.45) is 10.4 Å². The van der Waals surface area contributed by atoms with Gasteiger partial charge in [-0.25, -0.2) is 19.0 Å². The second kappa shape index (κ2) is 11.4. The molecule has 41 heavy (non-hydrogen) atoms. The molecule has 0 spiro atoms. The maximum atomic E-state index is 13.9. The van der Waals surface area contributed by atoms with E-state index in [1.54, 1.807) is 29.8 Å². The monoisotopic (exact) mass is 604 g/mol. The topological polar surface area (TPSA) is 128 Å². The summed E-state index contributed by atoms with van der Waals surface area (Å²) in [5, 5.41) is 15.4. The number of hydrogen-bond acceptors (Lipinski definition) is 9. The Labute approximate surface area is 245 Å². The number of amides is 2. The number of carboxylic acid groups (broad SMARTS) is 1. The average Bonchev–Trinajstić information content (AvgIpc) is 3.56. The molecule has 218 valence electrons. The number of urea groups is 1. The molecule has 2 saturated heterocycles. The number of thiazole rings is 1. The number of carbonyl (C=O) groups is 3. The number of nitrogens with zero attached hydrogens (tertiary/aromatic N) is 5. The number of ether oxygens (including phenoxy) is 1. The van der Waals surface area contributed by atoms with Gasteiger partial charge in [0.05, 0.1) is 24.1 Å². The molecular weight excluding hydrogens is 575 g/mol. The highest BCUT2D eigenvalue weighted by atomic mass is 35.5. The van der Waals surface area contributed by atoms with E-state index in [2.05, 4.69) is 15.2 Å². The highest BCUT2D eigenvalue weighted by Gasteiger charge is 2.44. The Balaban J connectivity index is 1.44. The number of carbonyl (C=O) groups excluding carboxylic acids is 2. The molecule has 0 saturated carbocycles. The summed E-state index contributed by atoms with van der Waals surface area (Å²) in [5.74, 6) is -1.62. The van der Waals surface area contributed by atoms with Gasteiger partial charge < -0.3 is 25.0 Å². The Morgan fingerprint density at radius 1 is 1.29 bits per heavy atom. The Bertz CT molecular complexity index is 1430. The second-order valence-electron chi connectivity index (χ2n) is 10.8.